The van der Waals surface area contributed by atoms with Crippen LogP contribution in [0.2, 0.25) is 5.15 Å². The number of carbonyl (C=O) groups is 1. The molecule has 1 unspecified atom stereocenters. The number of aromatic nitrogens is 2. The number of rotatable bonds is 6. The van der Waals surface area contributed by atoms with Crippen molar-refractivity contribution < 1.29 is 9.53 Å². The standard InChI is InChI=1S/C22H20ClN3O2S/c1-5-14-10-15-11-17(7-8-18(15)24-12-14)28-21(29-4)20(27)26-22(2,3)16-6-9-19(23)25-13-16/h1,6-13,21H,2-4H3,(H,26,27). The normalized spacial score (nSPS) is 12.2. The Morgan fingerprint density at radius 3 is 2.69 bits per heavy atom. The largest absolute Gasteiger partial charge is 0.470 e. The van der Waals surface area contributed by atoms with Crippen LogP contribution in [0.1, 0.15) is 25.0 Å². The van der Waals surface area contributed by atoms with Crippen molar-refractivity contribution in [1.82, 2.24) is 15.3 Å². The fourth-order valence-corrected chi connectivity index (χ4v) is 3.37. The van der Waals surface area contributed by atoms with Crippen LogP contribution in [0.3, 0.4) is 0 Å². The van der Waals surface area contributed by atoms with Gasteiger partial charge in [-0.2, -0.15) is 0 Å². The quantitative estimate of drug-likeness (QED) is 0.360. The van der Waals surface area contributed by atoms with Crippen LogP contribution in [0.25, 0.3) is 10.9 Å². The molecule has 1 N–H and O–H groups in total. The lowest BCUT2D eigenvalue weighted by molar-refractivity contribution is -0.126. The molecule has 5 nitrogen and oxygen atoms in total. The van der Waals surface area contributed by atoms with Crippen molar-refractivity contribution in [3.05, 3.63) is 65.1 Å². The molecule has 2 aromatic heterocycles. The first-order valence-electron chi connectivity index (χ1n) is 8.82. The summed E-state index contributed by atoms with van der Waals surface area (Å²) in [5, 5.41) is 4.27. The Bertz CT molecular complexity index is 1080. The summed E-state index contributed by atoms with van der Waals surface area (Å²) in [6.07, 6.45) is 10.6. The smallest absolute Gasteiger partial charge is 0.272 e. The molecule has 148 valence electrons. The van der Waals surface area contributed by atoms with Crippen molar-refractivity contribution in [1.29, 1.82) is 0 Å². The minimum atomic E-state index is -0.726. The van der Waals surface area contributed by atoms with Crippen LogP contribution in [0.15, 0.2) is 48.8 Å². The van der Waals surface area contributed by atoms with E-state index in [0.29, 0.717) is 16.5 Å². The van der Waals surface area contributed by atoms with Gasteiger partial charge in [-0.25, -0.2) is 4.98 Å². The fraction of sp³-hybridized carbons (Fsp3) is 0.227. The summed E-state index contributed by atoms with van der Waals surface area (Å²) in [4.78, 5) is 21.3. The third-order valence-electron chi connectivity index (χ3n) is 4.38. The molecule has 0 aliphatic rings. The van der Waals surface area contributed by atoms with Gasteiger partial charge in [-0.3, -0.25) is 9.78 Å². The summed E-state index contributed by atoms with van der Waals surface area (Å²) in [6.45, 7) is 3.80. The van der Waals surface area contributed by atoms with E-state index in [2.05, 4.69) is 21.2 Å². The number of hydrogen-bond donors (Lipinski definition) is 1. The number of fused-ring (bicyclic) bond motifs is 1. The summed E-state index contributed by atoms with van der Waals surface area (Å²) in [6, 6.07) is 10.8. The highest BCUT2D eigenvalue weighted by Crippen LogP contribution is 2.25. The summed E-state index contributed by atoms with van der Waals surface area (Å²) >= 11 is 7.16. The lowest BCUT2D eigenvalue weighted by Gasteiger charge is -2.28. The number of hydrogen-bond acceptors (Lipinski definition) is 5. The van der Waals surface area contributed by atoms with E-state index < -0.39 is 11.0 Å². The molecule has 0 spiro atoms. The molecule has 2 heterocycles. The Hall–Kier alpha value is -2.75. The zero-order valence-corrected chi connectivity index (χ0v) is 17.8. The summed E-state index contributed by atoms with van der Waals surface area (Å²) in [5.74, 6) is 2.89. The van der Waals surface area contributed by atoms with Crippen molar-refractivity contribution in [3.63, 3.8) is 0 Å². The van der Waals surface area contributed by atoms with Crippen molar-refractivity contribution >= 4 is 40.2 Å². The second kappa shape index (κ2) is 8.73. The molecule has 0 fully saturated rings. The number of amides is 1. The molecule has 0 bridgehead atoms. The van der Waals surface area contributed by atoms with Gasteiger partial charge in [0.05, 0.1) is 11.1 Å². The first-order valence-corrected chi connectivity index (χ1v) is 10.5. The van der Waals surface area contributed by atoms with E-state index in [0.717, 1.165) is 16.5 Å². The molecule has 1 amide bonds. The van der Waals surface area contributed by atoms with Crippen LogP contribution < -0.4 is 10.1 Å². The van der Waals surface area contributed by atoms with Crippen LogP contribution >= 0.6 is 23.4 Å². The number of thioether (sulfide) groups is 1. The molecular formula is C22H20ClN3O2S. The molecule has 0 saturated heterocycles. The van der Waals surface area contributed by atoms with E-state index in [-0.39, 0.29) is 5.91 Å². The second-order valence-corrected chi connectivity index (χ2v) is 8.18. The van der Waals surface area contributed by atoms with E-state index >= 15 is 0 Å². The van der Waals surface area contributed by atoms with Gasteiger partial charge in [0.25, 0.3) is 5.91 Å². The maximum atomic E-state index is 12.9. The highest BCUT2D eigenvalue weighted by Gasteiger charge is 2.28. The molecule has 7 heteroatoms. The zero-order valence-electron chi connectivity index (χ0n) is 16.3. The average molecular weight is 426 g/mol. The number of pyridine rings is 2. The first-order chi connectivity index (χ1) is 13.8. The van der Waals surface area contributed by atoms with Gasteiger partial charge in [0.15, 0.2) is 0 Å². The Balaban J connectivity index is 1.76. The van der Waals surface area contributed by atoms with E-state index in [1.54, 1.807) is 24.5 Å². The van der Waals surface area contributed by atoms with E-state index in [1.807, 2.05) is 44.4 Å². The van der Waals surface area contributed by atoms with Gasteiger partial charge in [0, 0.05) is 23.3 Å². The molecule has 0 aliphatic heterocycles. The molecule has 0 saturated carbocycles. The number of terminal acetylenes is 1. The van der Waals surface area contributed by atoms with Crippen LogP contribution in [0.5, 0.6) is 5.75 Å². The van der Waals surface area contributed by atoms with Crippen molar-refractivity contribution in [3.8, 4) is 18.1 Å². The average Bonchev–Trinajstić information content (AvgIpc) is 2.71. The summed E-state index contributed by atoms with van der Waals surface area (Å²) in [7, 11) is 0. The van der Waals surface area contributed by atoms with Gasteiger partial charge >= 0.3 is 0 Å². The fourth-order valence-electron chi connectivity index (χ4n) is 2.78. The first kappa shape index (κ1) is 21.0. The van der Waals surface area contributed by atoms with Gasteiger partial charge in [-0.15, -0.1) is 18.2 Å². The third-order valence-corrected chi connectivity index (χ3v) is 5.34. The van der Waals surface area contributed by atoms with Gasteiger partial charge in [0.1, 0.15) is 10.9 Å². The number of nitrogens with one attached hydrogen (secondary N) is 1. The zero-order chi connectivity index (χ0) is 21.0. The predicted octanol–water partition coefficient (Wildman–Crippen LogP) is 4.38. The lowest BCUT2D eigenvalue weighted by Crippen LogP contribution is -2.46. The number of carbonyl (C=O) groups excluding carboxylic acids is 1. The number of nitrogens with zero attached hydrogens (tertiary/aromatic N) is 2. The number of ether oxygens (including phenoxy) is 1. The maximum absolute atomic E-state index is 12.9. The van der Waals surface area contributed by atoms with Crippen LogP contribution in [-0.2, 0) is 10.3 Å². The highest BCUT2D eigenvalue weighted by molar-refractivity contribution is 7.99. The van der Waals surface area contributed by atoms with Crippen LogP contribution in [-0.4, -0.2) is 27.6 Å². The van der Waals surface area contributed by atoms with Crippen molar-refractivity contribution in [2.24, 2.45) is 0 Å². The predicted molar refractivity (Wildman–Crippen MR) is 118 cm³/mol. The number of halogens is 1. The lowest BCUT2D eigenvalue weighted by atomic mass is 9.96. The summed E-state index contributed by atoms with van der Waals surface area (Å²) < 4.78 is 5.94. The molecule has 29 heavy (non-hydrogen) atoms. The molecule has 3 rings (SSSR count). The minimum absolute atomic E-state index is 0.243. The Morgan fingerprint density at radius 2 is 2.03 bits per heavy atom. The molecule has 1 atom stereocenters. The molecule has 1 aromatic carbocycles. The van der Waals surface area contributed by atoms with Crippen molar-refractivity contribution in [2.75, 3.05) is 6.26 Å². The van der Waals surface area contributed by atoms with E-state index in [9.17, 15) is 4.79 Å². The highest BCUT2D eigenvalue weighted by atomic mass is 35.5. The Morgan fingerprint density at radius 1 is 1.24 bits per heavy atom. The maximum Gasteiger partial charge on any atom is 0.272 e. The van der Waals surface area contributed by atoms with Crippen molar-refractivity contribution in [2.45, 2.75) is 24.8 Å². The SMILES string of the molecule is C#Cc1cnc2ccc(OC(SC)C(=O)NC(C)(C)c3ccc(Cl)nc3)cc2c1. The van der Waals surface area contributed by atoms with Gasteiger partial charge in [0.2, 0.25) is 5.44 Å². The summed E-state index contributed by atoms with van der Waals surface area (Å²) in [5.41, 5.74) is 0.968. The second-order valence-electron chi connectivity index (χ2n) is 6.89. The molecule has 0 radical (unpaired) electrons. The molecule has 3 aromatic rings. The number of benzene rings is 1. The molecular weight excluding hydrogens is 406 g/mol. The van der Waals surface area contributed by atoms with Gasteiger partial charge in [-0.05, 0) is 56.0 Å². The van der Waals surface area contributed by atoms with E-state index in [1.165, 1.54) is 11.8 Å². The van der Waals surface area contributed by atoms with Gasteiger partial charge < -0.3 is 10.1 Å². The Kier molecular flexibility index (Phi) is 6.31. The molecule has 0 aliphatic carbocycles. The minimum Gasteiger partial charge on any atom is -0.470 e. The van der Waals surface area contributed by atoms with E-state index in [4.69, 9.17) is 22.8 Å². The van der Waals surface area contributed by atoms with Gasteiger partial charge in [-0.1, -0.05) is 23.6 Å². The van der Waals surface area contributed by atoms with Crippen LogP contribution in [0, 0.1) is 12.3 Å². The Labute approximate surface area is 179 Å². The van der Waals surface area contributed by atoms with Crippen LogP contribution in [0.4, 0.5) is 0 Å². The third kappa shape index (κ3) is 5.00. The monoisotopic (exact) mass is 425 g/mol. The topological polar surface area (TPSA) is 64.1 Å².